The molecule has 2 N–H and O–H groups in total. The molecule has 0 spiro atoms. The van der Waals surface area contributed by atoms with E-state index in [0.29, 0.717) is 37.3 Å². The molecule has 1 aromatic rings. The van der Waals surface area contributed by atoms with Crippen molar-refractivity contribution in [1.29, 1.82) is 0 Å². The van der Waals surface area contributed by atoms with Gasteiger partial charge in [0.15, 0.2) is 5.96 Å². The molecule has 0 heterocycles. The molecule has 136 valence electrons. The zero-order valence-corrected chi connectivity index (χ0v) is 15.5. The van der Waals surface area contributed by atoms with Gasteiger partial charge < -0.3 is 20.3 Å². The van der Waals surface area contributed by atoms with Gasteiger partial charge in [-0.25, -0.2) is 4.39 Å². The van der Waals surface area contributed by atoms with Gasteiger partial charge in [-0.1, -0.05) is 19.9 Å². The molecule has 0 aliphatic heterocycles. The summed E-state index contributed by atoms with van der Waals surface area (Å²) in [5, 5.41) is 6.36. The van der Waals surface area contributed by atoms with Crippen molar-refractivity contribution in [2.45, 2.75) is 26.8 Å². The van der Waals surface area contributed by atoms with E-state index < -0.39 is 0 Å². The molecule has 0 saturated heterocycles. The van der Waals surface area contributed by atoms with Gasteiger partial charge in [-0.05, 0) is 30.0 Å². The van der Waals surface area contributed by atoms with E-state index in [1.54, 1.807) is 24.1 Å². The Hall–Kier alpha value is -1.82. The van der Waals surface area contributed by atoms with Crippen LogP contribution >= 0.6 is 0 Å². The van der Waals surface area contributed by atoms with Gasteiger partial charge in [-0.3, -0.25) is 4.99 Å². The lowest BCUT2D eigenvalue weighted by Crippen LogP contribution is -2.38. The van der Waals surface area contributed by atoms with E-state index in [1.165, 1.54) is 0 Å². The lowest BCUT2D eigenvalue weighted by molar-refractivity contribution is 0.128. The largest absolute Gasteiger partial charge is 0.380 e. The number of ether oxygens (including phenoxy) is 1. The Morgan fingerprint density at radius 3 is 2.58 bits per heavy atom. The Morgan fingerprint density at radius 2 is 2.00 bits per heavy atom. The molecule has 0 saturated carbocycles. The summed E-state index contributed by atoms with van der Waals surface area (Å²) in [4.78, 5) is 5.91. The second kappa shape index (κ2) is 10.9. The Morgan fingerprint density at radius 1 is 1.25 bits per heavy atom. The molecule has 1 aromatic carbocycles. The van der Waals surface area contributed by atoms with E-state index >= 15 is 0 Å². The number of benzene rings is 1. The van der Waals surface area contributed by atoms with Crippen LogP contribution in [0.25, 0.3) is 0 Å². The minimum absolute atomic E-state index is 0.221. The molecule has 5 nitrogen and oxygen atoms in total. The number of anilines is 1. The van der Waals surface area contributed by atoms with Gasteiger partial charge in [-0.15, -0.1) is 0 Å². The molecule has 6 heteroatoms. The first kappa shape index (κ1) is 20.2. The number of aliphatic imine (C=N–C) groups is 1. The van der Waals surface area contributed by atoms with Gasteiger partial charge in [-0.2, -0.15) is 0 Å². The first-order valence-electron chi connectivity index (χ1n) is 8.42. The summed E-state index contributed by atoms with van der Waals surface area (Å²) < 4.78 is 19.5. The van der Waals surface area contributed by atoms with Gasteiger partial charge in [0.1, 0.15) is 5.82 Å². The number of guanidine groups is 1. The van der Waals surface area contributed by atoms with Crippen LogP contribution in [0.2, 0.25) is 0 Å². The number of nitrogens with one attached hydrogen (secondary N) is 2. The van der Waals surface area contributed by atoms with Crippen LogP contribution in [0.3, 0.4) is 0 Å². The SMILES string of the molecule is CN=C(NCCOCCC(C)C)NCc1ccc(N(C)C)c(F)c1. The number of nitrogens with zero attached hydrogens (tertiary/aromatic N) is 2. The number of hydrogen-bond donors (Lipinski definition) is 2. The minimum Gasteiger partial charge on any atom is -0.380 e. The van der Waals surface area contributed by atoms with Crippen molar-refractivity contribution in [2.24, 2.45) is 10.9 Å². The highest BCUT2D eigenvalue weighted by Crippen LogP contribution is 2.18. The van der Waals surface area contributed by atoms with Crippen molar-refractivity contribution >= 4 is 11.6 Å². The fraction of sp³-hybridized carbons (Fsp3) is 0.611. The van der Waals surface area contributed by atoms with Gasteiger partial charge in [0, 0.05) is 40.8 Å². The smallest absolute Gasteiger partial charge is 0.191 e. The maximum atomic E-state index is 14.0. The van der Waals surface area contributed by atoms with E-state index in [1.807, 2.05) is 20.2 Å². The van der Waals surface area contributed by atoms with Gasteiger partial charge >= 0.3 is 0 Å². The molecular weight excluding hydrogens is 307 g/mol. The van der Waals surface area contributed by atoms with Crippen LogP contribution in [-0.2, 0) is 11.3 Å². The molecule has 0 aromatic heterocycles. The molecule has 0 fully saturated rings. The molecule has 0 aliphatic carbocycles. The first-order chi connectivity index (χ1) is 11.4. The quantitative estimate of drug-likeness (QED) is 0.413. The Balaban J connectivity index is 2.32. The monoisotopic (exact) mass is 338 g/mol. The third-order valence-corrected chi connectivity index (χ3v) is 3.56. The first-order valence-corrected chi connectivity index (χ1v) is 8.42. The number of rotatable bonds is 9. The van der Waals surface area contributed by atoms with Crippen LogP contribution in [0.15, 0.2) is 23.2 Å². The molecule has 0 atom stereocenters. The molecule has 24 heavy (non-hydrogen) atoms. The summed E-state index contributed by atoms with van der Waals surface area (Å²) in [6, 6.07) is 5.24. The van der Waals surface area contributed by atoms with Gasteiger partial charge in [0.2, 0.25) is 0 Å². The van der Waals surface area contributed by atoms with Crippen molar-refractivity contribution < 1.29 is 9.13 Å². The Labute approximate surface area is 145 Å². The van der Waals surface area contributed by atoms with Crippen LogP contribution in [0.4, 0.5) is 10.1 Å². The van der Waals surface area contributed by atoms with Crippen molar-refractivity contribution in [3.8, 4) is 0 Å². The van der Waals surface area contributed by atoms with E-state index in [2.05, 4.69) is 29.5 Å². The normalized spacial score (nSPS) is 11.7. The average Bonchev–Trinajstić information content (AvgIpc) is 2.52. The second-order valence-corrected chi connectivity index (χ2v) is 6.33. The lowest BCUT2D eigenvalue weighted by atomic mass is 10.1. The van der Waals surface area contributed by atoms with Crippen LogP contribution in [0.5, 0.6) is 0 Å². The third kappa shape index (κ3) is 7.64. The fourth-order valence-corrected chi connectivity index (χ4v) is 2.09. The molecule has 0 aliphatic rings. The van der Waals surface area contributed by atoms with E-state index in [-0.39, 0.29) is 5.82 Å². The molecule has 0 radical (unpaired) electrons. The Bertz CT molecular complexity index is 518. The minimum atomic E-state index is -0.221. The van der Waals surface area contributed by atoms with Crippen LogP contribution < -0.4 is 15.5 Å². The number of hydrogen-bond acceptors (Lipinski definition) is 3. The van der Waals surface area contributed by atoms with Gasteiger partial charge in [0.05, 0.1) is 12.3 Å². The molecule has 0 bridgehead atoms. The van der Waals surface area contributed by atoms with E-state index in [4.69, 9.17) is 4.74 Å². The van der Waals surface area contributed by atoms with Crippen LogP contribution in [0.1, 0.15) is 25.8 Å². The standard InChI is InChI=1S/C18H31FN4O/c1-14(2)8-10-24-11-9-21-18(20-3)22-13-15-6-7-17(23(4)5)16(19)12-15/h6-7,12,14H,8-11,13H2,1-5H3,(H2,20,21,22). The summed E-state index contributed by atoms with van der Waals surface area (Å²) in [5.74, 6) is 1.12. The summed E-state index contributed by atoms with van der Waals surface area (Å²) in [6.45, 7) is 6.98. The highest BCUT2D eigenvalue weighted by molar-refractivity contribution is 5.79. The third-order valence-electron chi connectivity index (χ3n) is 3.56. The summed E-state index contributed by atoms with van der Waals surface area (Å²) >= 11 is 0. The molecule has 1 rings (SSSR count). The second-order valence-electron chi connectivity index (χ2n) is 6.33. The number of halogens is 1. The summed E-state index contributed by atoms with van der Waals surface area (Å²) in [6.07, 6.45) is 1.07. The van der Waals surface area contributed by atoms with Crippen molar-refractivity contribution in [3.63, 3.8) is 0 Å². The highest BCUT2D eigenvalue weighted by atomic mass is 19.1. The lowest BCUT2D eigenvalue weighted by Gasteiger charge is -2.15. The van der Waals surface area contributed by atoms with Crippen molar-refractivity contribution in [3.05, 3.63) is 29.6 Å². The van der Waals surface area contributed by atoms with Crippen molar-refractivity contribution in [1.82, 2.24) is 10.6 Å². The predicted octanol–water partition coefficient (Wildman–Crippen LogP) is 2.62. The highest BCUT2D eigenvalue weighted by Gasteiger charge is 2.06. The summed E-state index contributed by atoms with van der Waals surface area (Å²) in [7, 11) is 5.36. The van der Waals surface area contributed by atoms with Crippen LogP contribution in [-0.4, -0.2) is 46.9 Å². The zero-order valence-electron chi connectivity index (χ0n) is 15.5. The maximum Gasteiger partial charge on any atom is 0.191 e. The van der Waals surface area contributed by atoms with E-state index in [0.717, 1.165) is 18.6 Å². The summed E-state index contributed by atoms with van der Waals surface area (Å²) in [5.41, 5.74) is 1.45. The van der Waals surface area contributed by atoms with Gasteiger partial charge in [0.25, 0.3) is 0 Å². The fourth-order valence-electron chi connectivity index (χ4n) is 2.09. The molecule has 0 amide bonds. The topological polar surface area (TPSA) is 48.9 Å². The zero-order chi connectivity index (χ0) is 17.9. The predicted molar refractivity (Wildman–Crippen MR) is 99.2 cm³/mol. The Kier molecular flexibility index (Phi) is 9.15. The van der Waals surface area contributed by atoms with Crippen LogP contribution in [0, 0.1) is 11.7 Å². The van der Waals surface area contributed by atoms with Crippen molar-refractivity contribution in [2.75, 3.05) is 45.8 Å². The molecule has 0 unspecified atom stereocenters. The average molecular weight is 338 g/mol. The molecular formula is C18H31FN4O. The maximum absolute atomic E-state index is 14.0. The van der Waals surface area contributed by atoms with E-state index in [9.17, 15) is 4.39 Å².